The summed E-state index contributed by atoms with van der Waals surface area (Å²) < 4.78 is 28.8. The van der Waals surface area contributed by atoms with Gasteiger partial charge in [-0.15, -0.1) is 5.10 Å². The van der Waals surface area contributed by atoms with Gasteiger partial charge >= 0.3 is 5.97 Å². The van der Waals surface area contributed by atoms with Crippen LogP contribution in [0.15, 0.2) is 12.5 Å². The Morgan fingerprint density at radius 2 is 2.25 bits per heavy atom. The molecule has 0 aliphatic heterocycles. The van der Waals surface area contributed by atoms with Crippen LogP contribution in [-0.4, -0.2) is 35.6 Å². The number of aromatic nitrogens is 5. The molecule has 3 rings (SSSR count). The van der Waals surface area contributed by atoms with Crippen LogP contribution in [0, 0.1) is 0 Å². The second-order valence-corrected chi connectivity index (χ2v) is 4.61. The molecule has 0 atom stereocenters. The summed E-state index contributed by atoms with van der Waals surface area (Å²) in [5, 5.41) is 15.7. The van der Waals surface area contributed by atoms with Crippen molar-refractivity contribution in [3.63, 3.8) is 0 Å². The van der Waals surface area contributed by atoms with Crippen LogP contribution in [0.5, 0.6) is 0 Å². The van der Waals surface area contributed by atoms with Crippen molar-refractivity contribution in [2.45, 2.75) is 31.9 Å². The SMILES string of the molecule is O=C(O)c1nnn(Cc2cncn2C2CC2)c1C(F)F. The molecule has 20 heavy (non-hydrogen) atoms. The minimum Gasteiger partial charge on any atom is -0.476 e. The van der Waals surface area contributed by atoms with E-state index in [-0.39, 0.29) is 6.54 Å². The fraction of sp³-hybridized carbons (Fsp3) is 0.455. The van der Waals surface area contributed by atoms with Crippen molar-refractivity contribution >= 4 is 5.97 Å². The molecule has 0 unspecified atom stereocenters. The van der Waals surface area contributed by atoms with Gasteiger partial charge in [-0.1, -0.05) is 5.21 Å². The summed E-state index contributed by atoms with van der Waals surface area (Å²) in [6.07, 6.45) is 2.32. The molecule has 2 aromatic heterocycles. The summed E-state index contributed by atoms with van der Waals surface area (Å²) in [6, 6.07) is 0.352. The van der Waals surface area contributed by atoms with E-state index in [0.717, 1.165) is 17.5 Å². The molecule has 0 amide bonds. The van der Waals surface area contributed by atoms with Gasteiger partial charge in [0.25, 0.3) is 6.43 Å². The minimum atomic E-state index is -2.95. The minimum absolute atomic E-state index is 0.0243. The number of imidazole rings is 1. The third-order valence-electron chi connectivity index (χ3n) is 3.18. The van der Waals surface area contributed by atoms with Gasteiger partial charge in [-0.2, -0.15) is 0 Å². The Bertz CT molecular complexity index is 647. The molecule has 1 saturated carbocycles. The van der Waals surface area contributed by atoms with E-state index >= 15 is 0 Å². The Kier molecular flexibility index (Phi) is 2.96. The van der Waals surface area contributed by atoms with Crippen molar-refractivity contribution in [2.24, 2.45) is 0 Å². The number of hydrogen-bond acceptors (Lipinski definition) is 4. The van der Waals surface area contributed by atoms with Crippen molar-refractivity contribution in [3.05, 3.63) is 29.6 Å². The number of halogens is 2. The van der Waals surface area contributed by atoms with Crippen LogP contribution in [0.3, 0.4) is 0 Å². The normalized spacial score (nSPS) is 14.9. The first-order chi connectivity index (χ1) is 9.58. The van der Waals surface area contributed by atoms with Crippen LogP contribution in [0.2, 0.25) is 0 Å². The first-order valence-electron chi connectivity index (χ1n) is 6.03. The first-order valence-corrected chi connectivity index (χ1v) is 6.03. The van der Waals surface area contributed by atoms with Gasteiger partial charge in [-0.3, -0.25) is 0 Å². The zero-order valence-corrected chi connectivity index (χ0v) is 10.3. The van der Waals surface area contributed by atoms with Gasteiger partial charge in [0, 0.05) is 6.04 Å². The molecule has 106 valence electrons. The van der Waals surface area contributed by atoms with Gasteiger partial charge < -0.3 is 9.67 Å². The highest BCUT2D eigenvalue weighted by molar-refractivity contribution is 5.86. The molecule has 1 aliphatic rings. The lowest BCUT2D eigenvalue weighted by atomic mass is 10.3. The molecule has 2 aromatic rings. The summed E-state index contributed by atoms with van der Waals surface area (Å²) >= 11 is 0. The Balaban J connectivity index is 1.94. The fourth-order valence-electron chi connectivity index (χ4n) is 2.09. The van der Waals surface area contributed by atoms with Gasteiger partial charge in [0.15, 0.2) is 5.69 Å². The molecule has 1 N–H and O–H groups in total. The quantitative estimate of drug-likeness (QED) is 0.898. The third-order valence-corrected chi connectivity index (χ3v) is 3.18. The molecule has 0 aromatic carbocycles. The molecule has 0 spiro atoms. The number of aromatic carboxylic acids is 1. The van der Waals surface area contributed by atoms with E-state index in [1.807, 2.05) is 4.57 Å². The van der Waals surface area contributed by atoms with E-state index in [2.05, 4.69) is 15.3 Å². The maximum Gasteiger partial charge on any atom is 0.358 e. The van der Waals surface area contributed by atoms with E-state index < -0.39 is 23.8 Å². The largest absolute Gasteiger partial charge is 0.476 e. The van der Waals surface area contributed by atoms with E-state index in [1.165, 1.54) is 0 Å². The summed E-state index contributed by atoms with van der Waals surface area (Å²) in [5.74, 6) is -1.51. The Morgan fingerprint density at radius 1 is 1.50 bits per heavy atom. The third kappa shape index (κ3) is 2.15. The summed E-state index contributed by atoms with van der Waals surface area (Å²) in [5.41, 5.74) is -0.685. The van der Waals surface area contributed by atoms with Gasteiger partial charge in [0.2, 0.25) is 0 Å². The molecule has 0 saturated heterocycles. The molecular weight excluding hydrogens is 272 g/mol. The molecule has 2 heterocycles. The molecule has 0 radical (unpaired) electrons. The zero-order chi connectivity index (χ0) is 14.3. The van der Waals surface area contributed by atoms with Crippen molar-refractivity contribution < 1.29 is 18.7 Å². The number of alkyl halides is 2. The Hall–Kier alpha value is -2.32. The van der Waals surface area contributed by atoms with E-state index in [1.54, 1.807) is 12.5 Å². The molecule has 9 heteroatoms. The highest BCUT2D eigenvalue weighted by Gasteiger charge is 2.29. The molecule has 0 bridgehead atoms. The van der Waals surface area contributed by atoms with E-state index in [9.17, 15) is 13.6 Å². The van der Waals surface area contributed by atoms with Crippen LogP contribution in [0.1, 0.15) is 47.2 Å². The van der Waals surface area contributed by atoms with Gasteiger partial charge in [-0.25, -0.2) is 23.2 Å². The highest BCUT2D eigenvalue weighted by Crippen LogP contribution is 2.36. The lowest BCUT2D eigenvalue weighted by molar-refractivity contribution is 0.0675. The number of rotatable bonds is 5. The molecule has 1 aliphatic carbocycles. The van der Waals surface area contributed by atoms with Crippen molar-refractivity contribution in [1.29, 1.82) is 0 Å². The number of carbonyl (C=O) groups is 1. The van der Waals surface area contributed by atoms with Gasteiger partial charge in [-0.05, 0) is 12.8 Å². The maximum atomic E-state index is 13.0. The second-order valence-electron chi connectivity index (χ2n) is 4.61. The smallest absolute Gasteiger partial charge is 0.358 e. The lowest BCUT2D eigenvalue weighted by Gasteiger charge is -2.08. The predicted octanol–water partition coefficient (Wildman–Crippen LogP) is 1.49. The number of carboxylic acids is 1. The monoisotopic (exact) mass is 283 g/mol. The van der Waals surface area contributed by atoms with Crippen LogP contribution in [-0.2, 0) is 6.54 Å². The number of carboxylic acid groups (broad SMARTS) is 1. The lowest BCUT2D eigenvalue weighted by Crippen LogP contribution is -2.12. The summed E-state index contributed by atoms with van der Waals surface area (Å²) in [4.78, 5) is 14.9. The van der Waals surface area contributed by atoms with E-state index in [0.29, 0.717) is 11.7 Å². The summed E-state index contributed by atoms with van der Waals surface area (Å²) in [7, 11) is 0. The predicted molar refractivity (Wildman–Crippen MR) is 61.5 cm³/mol. The average molecular weight is 283 g/mol. The summed E-state index contributed by atoms with van der Waals surface area (Å²) in [6.45, 7) is 0.0243. The maximum absolute atomic E-state index is 13.0. The molecular formula is C11H11F2N5O2. The van der Waals surface area contributed by atoms with Crippen molar-refractivity contribution in [1.82, 2.24) is 24.5 Å². The van der Waals surface area contributed by atoms with Crippen LogP contribution < -0.4 is 0 Å². The second kappa shape index (κ2) is 4.66. The van der Waals surface area contributed by atoms with Gasteiger partial charge in [0.1, 0.15) is 5.69 Å². The molecule has 7 nitrogen and oxygen atoms in total. The van der Waals surface area contributed by atoms with Crippen LogP contribution in [0.25, 0.3) is 0 Å². The standard InChI is InChI=1S/C11H11F2N5O2/c12-10(13)9-8(11(19)20)15-16-18(9)4-7-3-14-5-17(7)6-1-2-6/h3,5-6,10H,1-2,4H2,(H,19,20). The van der Waals surface area contributed by atoms with Crippen molar-refractivity contribution in [3.8, 4) is 0 Å². The number of nitrogens with zero attached hydrogens (tertiary/aromatic N) is 5. The number of hydrogen-bond donors (Lipinski definition) is 1. The van der Waals surface area contributed by atoms with Crippen LogP contribution >= 0.6 is 0 Å². The Morgan fingerprint density at radius 3 is 2.85 bits per heavy atom. The topological polar surface area (TPSA) is 85.8 Å². The Labute approximate surface area is 111 Å². The average Bonchev–Trinajstić information content (AvgIpc) is 2.97. The van der Waals surface area contributed by atoms with E-state index in [4.69, 9.17) is 5.11 Å². The van der Waals surface area contributed by atoms with Crippen molar-refractivity contribution in [2.75, 3.05) is 0 Å². The molecule has 1 fully saturated rings. The van der Waals surface area contributed by atoms with Gasteiger partial charge in [0.05, 0.1) is 24.8 Å². The first kappa shape index (κ1) is 12.7. The highest BCUT2D eigenvalue weighted by atomic mass is 19.3. The fourth-order valence-corrected chi connectivity index (χ4v) is 2.09. The zero-order valence-electron chi connectivity index (χ0n) is 10.3. The van der Waals surface area contributed by atoms with Crippen LogP contribution in [0.4, 0.5) is 8.78 Å².